The highest BCUT2D eigenvalue weighted by molar-refractivity contribution is 7.91. The van der Waals surface area contributed by atoms with E-state index in [9.17, 15) is 8.42 Å². The van der Waals surface area contributed by atoms with Gasteiger partial charge in [0.25, 0.3) is 0 Å². The van der Waals surface area contributed by atoms with Crippen molar-refractivity contribution in [3.05, 3.63) is 46.2 Å². The van der Waals surface area contributed by atoms with Crippen molar-refractivity contribution in [2.75, 3.05) is 4.72 Å². The Hall–Kier alpha value is -1.24. The van der Waals surface area contributed by atoms with E-state index in [1.807, 2.05) is 0 Å². The molecule has 1 aromatic heterocycles. The fourth-order valence-electron chi connectivity index (χ4n) is 1.38. The smallest absolute Gasteiger partial charge is 0.237 e. The molecule has 0 fully saturated rings. The Kier molecular flexibility index (Phi) is 3.79. The highest BCUT2D eigenvalue weighted by Crippen LogP contribution is 2.26. The van der Waals surface area contributed by atoms with Gasteiger partial charge in [-0.2, -0.15) is 5.10 Å². The minimum absolute atomic E-state index is 0.295. The van der Waals surface area contributed by atoms with Crippen LogP contribution >= 0.6 is 23.2 Å². The van der Waals surface area contributed by atoms with Gasteiger partial charge >= 0.3 is 0 Å². The molecular weight excluding hydrogens is 297 g/mol. The van der Waals surface area contributed by atoms with Crippen LogP contribution in [0.5, 0.6) is 0 Å². The van der Waals surface area contributed by atoms with Gasteiger partial charge in [-0.05, 0) is 12.1 Å². The second-order valence-corrected chi connectivity index (χ2v) is 6.09. The van der Waals surface area contributed by atoms with Gasteiger partial charge in [-0.1, -0.05) is 29.3 Å². The van der Waals surface area contributed by atoms with Crippen LogP contribution in [0.4, 0.5) is 5.69 Å². The average Bonchev–Trinajstić information content (AvgIpc) is 2.75. The van der Waals surface area contributed by atoms with Crippen LogP contribution < -0.4 is 4.72 Å². The predicted molar refractivity (Wildman–Crippen MR) is 71.3 cm³/mol. The summed E-state index contributed by atoms with van der Waals surface area (Å²) in [5, 5.41) is 6.79. The summed E-state index contributed by atoms with van der Waals surface area (Å²) in [7, 11) is -3.58. The van der Waals surface area contributed by atoms with Crippen LogP contribution in [-0.2, 0) is 15.8 Å². The summed E-state index contributed by atoms with van der Waals surface area (Å²) in [5.41, 5.74) is 0.731. The van der Waals surface area contributed by atoms with Crippen LogP contribution in [-0.4, -0.2) is 18.6 Å². The first-order chi connectivity index (χ1) is 8.48. The third kappa shape index (κ3) is 3.16. The fourth-order valence-corrected chi connectivity index (χ4v) is 3.31. The normalized spacial score (nSPS) is 11.4. The maximum absolute atomic E-state index is 11.9. The largest absolute Gasteiger partial charge is 0.284 e. The molecule has 0 amide bonds. The van der Waals surface area contributed by atoms with Crippen molar-refractivity contribution in [2.45, 2.75) is 5.75 Å². The number of hydrogen-bond acceptors (Lipinski definition) is 3. The van der Waals surface area contributed by atoms with E-state index in [1.165, 1.54) is 12.4 Å². The summed E-state index contributed by atoms with van der Waals surface area (Å²) in [6.45, 7) is 0. The van der Waals surface area contributed by atoms with Gasteiger partial charge in [0.05, 0.1) is 17.6 Å². The SMILES string of the molecule is O=S(=O)(Cc1c(Cl)cccc1Cl)Nc1cn[nH]c1. The van der Waals surface area contributed by atoms with Crippen LogP contribution in [0.25, 0.3) is 0 Å². The summed E-state index contributed by atoms with van der Waals surface area (Å²) in [5.74, 6) is -0.295. The number of aromatic nitrogens is 2. The topological polar surface area (TPSA) is 74.8 Å². The number of nitrogens with one attached hydrogen (secondary N) is 2. The van der Waals surface area contributed by atoms with Crippen molar-refractivity contribution < 1.29 is 8.42 Å². The Labute approximate surface area is 114 Å². The third-order valence-electron chi connectivity index (χ3n) is 2.17. The maximum atomic E-state index is 11.9. The fraction of sp³-hybridized carbons (Fsp3) is 0.100. The molecule has 96 valence electrons. The zero-order valence-corrected chi connectivity index (χ0v) is 11.4. The minimum Gasteiger partial charge on any atom is -0.284 e. The molecule has 2 aromatic rings. The number of rotatable bonds is 4. The molecule has 0 aliphatic carbocycles. The molecule has 0 aliphatic rings. The van der Waals surface area contributed by atoms with Gasteiger partial charge in [0.1, 0.15) is 0 Å². The second-order valence-electron chi connectivity index (χ2n) is 3.55. The second kappa shape index (κ2) is 5.17. The van der Waals surface area contributed by atoms with E-state index in [0.717, 1.165) is 0 Å². The van der Waals surface area contributed by atoms with Crippen LogP contribution in [0, 0.1) is 0 Å². The lowest BCUT2D eigenvalue weighted by Crippen LogP contribution is -2.15. The number of H-pyrrole nitrogens is 1. The number of sulfonamides is 1. The van der Waals surface area contributed by atoms with Crippen molar-refractivity contribution >= 4 is 38.9 Å². The first-order valence-electron chi connectivity index (χ1n) is 4.90. The van der Waals surface area contributed by atoms with Crippen LogP contribution in [0.3, 0.4) is 0 Å². The summed E-state index contributed by atoms with van der Waals surface area (Å²) in [4.78, 5) is 0. The van der Waals surface area contributed by atoms with E-state index in [0.29, 0.717) is 21.3 Å². The van der Waals surface area contributed by atoms with Gasteiger partial charge in [0.15, 0.2) is 0 Å². The van der Waals surface area contributed by atoms with E-state index in [-0.39, 0.29) is 5.75 Å². The molecule has 0 bridgehead atoms. The van der Waals surface area contributed by atoms with E-state index in [1.54, 1.807) is 18.2 Å². The number of anilines is 1. The Balaban J connectivity index is 2.23. The lowest BCUT2D eigenvalue weighted by atomic mass is 10.2. The van der Waals surface area contributed by atoms with Crippen molar-refractivity contribution in [3.63, 3.8) is 0 Å². The minimum atomic E-state index is -3.58. The molecule has 2 rings (SSSR count). The highest BCUT2D eigenvalue weighted by Gasteiger charge is 2.16. The molecular formula is C10H9Cl2N3O2S. The monoisotopic (exact) mass is 305 g/mol. The van der Waals surface area contributed by atoms with Gasteiger partial charge < -0.3 is 0 Å². The quantitative estimate of drug-likeness (QED) is 0.912. The highest BCUT2D eigenvalue weighted by atomic mass is 35.5. The molecule has 0 radical (unpaired) electrons. The van der Waals surface area contributed by atoms with Crippen molar-refractivity contribution in [2.24, 2.45) is 0 Å². The molecule has 1 heterocycles. The molecule has 0 aliphatic heterocycles. The summed E-state index contributed by atoms with van der Waals surface area (Å²) < 4.78 is 26.2. The molecule has 18 heavy (non-hydrogen) atoms. The Bertz CT molecular complexity index is 621. The molecule has 0 unspecified atom stereocenters. The number of aromatic amines is 1. The van der Waals surface area contributed by atoms with Gasteiger partial charge in [-0.15, -0.1) is 0 Å². The number of halogens is 2. The average molecular weight is 306 g/mol. The van der Waals surface area contributed by atoms with Crippen LogP contribution in [0.1, 0.15) is 5.56 Å². The van der Waals surface area contributed by atoms with Gasteiger partial charge in [-0.25, -0.2) is 8.42 Å². The van der Waals surface area contributed by atoms with Gasteiger partial charge in [-0.3, -0.25) is 9.82 Å². The molecule has 0 spiro atoms. The van der Waals surface area contributed by atoms with Crippen molar-refractivity contribution in [3.8, 4) is 0 Å². The van der Waals surface area contributed by atoms with E-state index < -0.39 is 10.0 Å². The lowest BCUT2D eigenvalue weighted by molar-refractivity contribution is 0.600. The number of hydrogen-bond donors (Lipinski definition) is 2. The third-order valence-corrected chi connectivity index (χ3v) is 4.09. The lowest BCUT2D eigenvalue weighted by Gasteiger charge is -2.08. The molecule has 5 nitrogen and oxygen atoms in total. The van der Waals surface area contributed by atoms with Crippen LogP contribution in [0.15, 0.2) is 30.6 Å². The first-order valence-corrected chi connectivity index (χ1v) is 7.31. The zero-order valence-electron chi connectivity index (χ0n) is 9.02. The maximum Gasteiger partial charge on any atom is 0.237 e. The Morgan fingerprint density at radius 1 is 1.28 bits per heavy atom. The molecule has 2 N–H and O–H groups in total. The van der Waals surface area contributed by atoms with Gasteiger partial charge in [0.2, 0.25) is 10.0 Å². The molecule has 8 heteroatoms. The standard InChI is InChI=1S/C10H9Cl2N3O2S/c11-9-2-1-3-10(12)8(9)6-18(16,17)15-7-4-13-14-5-7/h1-5,15H,6H2,(H,13,14). The number of nitrogens with zero attached hydrogens (tertiary/aromatic N) is 1. The Morgan fingerprint density at radius 3 is 2.50 bits per heavy atom. The molecule has 1 aromatic carbocycles. The molecule has 0 saturated heterocycles. The van der Waals surface area contributed by atoms with E-state index in [4.69, 9.17) is 23.2 Å². The zero-order chi connectivity index (χ0) is 13.2. The number of benzene rings is 1. The molecule has 0 atom stereocenters. The summed E-state index contributed by atoms with van der Waals surface area (Å²) in [6, 6.07) is 4.84. The summed E-state index contributed by atoms with van der Waals surface area (Å²) >= 11 is 11.8. The van der Waals surface area contributed by atoms with Crippen LogP contribution in [0.2, 0.25) is 10.0 Å². The van der Waals surface area contributed by atoms with Crippen molar-refractivity contribution in [1.29, 1.82) is 0 Å². The van der Waals surface area contributed by atoms with E-state index in [2.05, 4.69) is 14.9 Å². The summed E-state index contributed by atoms with van der Waals surface area (Å²) in [6.07, 6.45) is 2.80. The molecule has 0 saturated carbocycles. The van der Waals surface area contributed by atoms with E-state index >= 15 is 0 Å². The predicted octanol–water partition coefficient (Wildman–Crippen LogP) is 2.66. The Morgan fingerprint density at radius 2 is 1.94 bits per heavy atom. The van der Waals surface area contributed by atoms with Gasteiger partial charge in [0, 0.05) is 21.8 Å². The first kappa shape index (κ1) is 13.2. The van der Waals surface area contributed by atoms with Crippen molar-refractivity contribution in [1.82, 2.24) is 10.2 Å².